The van der Waals surface area contributed by atoms with Crippen molar-refractivity contribution in [3.8, 4) is 0 Å². The number of sulfonamides is 1. The highest BCUT2D eigenvalue weighted by atomic mass is 32.2. The van der Waals surface area contributed by atoms with Crippen LogP contribution in [0.3, 0.4) is 0 Å². The van der Waals surface area contributed by atoms with Crippen molar-refractivity contribution in [2.45, 2.75) is 37.6 Å². The van der Waals surface area contributed by atoms with E-state index < -0.39 is 10.0 Å². The Hall–Kier alpha value is -1.41. The van der Waals surface area contributed by atoms with Crippen molar-refractivity contribution in [2.75, 3.05) is 13.1 Å². The van der Waals surface area contributed by atoms with E-state index in [9.17, 15) is 13.2 Å². The van der Waals surface area contributed by atoms with Gasteiger partial charge in [0.15, 0.2) is 0 Å². The average molecular weight is 300 g/mol. The standard InChI is InChI=1S/C12H20N4O3S/c1-9(2)12(17)16-5-3-4-10(8-16)15-20(18,19)11-6-13-14-7-11/h6-7,9-10,15H,3-5,8H2,1-2H3,(H,13,14)/t10-/m1/s1. The van der Waals surface area contributed by atoms with Gasteiger partial charge in [-0.1, -0.05) is 13.8 Å². The summed E-state index contributed by atoms with van der Waals surface area (Å²) in [5.41, 5.74) is 0. The number of aromatic nitrogens is 2. The van der Waals surface area contributed by atoms with Crippen LogP contribution in [0.15, 0.2) is 17.3 Å². The highest BCUT2D eigenvalue weighted by Gasteiger charge is 2.28. The number of nitrogens with one attached hydrogen (secondary N) is 2. The molecule has 1 amide bonds. The Morgan fingerprint density at radius 1 is 1.55 bits per heavy atom. The van der Waals surface area contributed by atoms with Crippen molar-refractivity contribution in [3.63, 3.8) is 0 Å². The zero-order valence-corrected chi connectivity index (χ0v) is 12.5. The number of hydrogen-bond acceptors (Lipinski definition) is 4. The van der Waals surface area contributed by atoms with Crippen LogP contribution in [0.5, 0.6) is 0 Å². The number of rotatable bonds is 4. The molecule has 0 saturated carbocycles. The minimum atomic E-state index is -3.57. The molecule has 2 heterocycles. The molecule has 7 nitrogen and oxygen atoms in total. The molecular formula is C12H20N4O3S. The van der Waals surface area contributed by atoms with Crippen LogP contribution in [-0.2, 0) is 14.8 Å². The molecule has 1 saturated heterocycles. The van der Waals surface area contributed by atoms with Gasteiger partial charge in [0.2, 0.25) is 15.9 Å². The van der Waals surface area contributed by atoms with E-state index in [2.05, 4.69) is 14.9 Å². The summed E-state index contributed by atoms with van der Waals surface area (Å²) in [6.07, 6.45) is 4.14. The second-order valence-corrected chi connectivity index (χ2v) is 7.05. The fourth-order valence-electron chi connectivity index (χ4n) is 2.31. The van der Waals surface area contributed by atoms with E-state index in [1.807, 2.05) is 13.8 Å². The Balaban J connectivity index is 2.02. The van der Waals surface area contributed by atoms with E-state index in [4.69, 9.17) is 0 Å². The van der Waals surface area contributed by atoms with Crippen LogP contribution in [0, 0.1) is 5.92 Å². The minimum Gasteiger partial charge on any atom is -0.341 e. The molecule has 1 atom stereocenters. The number of nitrogens with zero attached hydrogens (tertiary/aromatic N) is 2. The smallest absolute Gasteiger partial charge is 0.243 e. The molecule has 1 aliphatic heterocycles. The summed E-state index contributed by atoms with van der Waals surface area (Å²) in [4.78, 5) is 13.8. The molecule has 0 radical (unpaired) electrons. The Morgan fingerprint density at radius 2 is 2.30 bits per heavy atom. The molecule has 0 aromatic carbocycles. The largest absolute Gasteiger partial charge is 0.341 e. The van der Waals surface area contributed by atoms with Crippen molar-refractivity contribution in [1.29, 1.82) is 0 Å². The van der Waals surface area contributed by atoms with E-state index >= 15 is 0 Å². The summed E-state index contributed by atoms with van der Waals surface area (Å²) in [6.45, 7) is 4.82. The van der Waals surface area contributed by atoms with Gasteiger partial charge in [-0.25, -0.2) is 13.1 Å². The Kier molecular flexibility index (Phi) is 4.44. The van der Waals surface area contributed by atoms with E-state index in [0.29, 0.717) is 13.1 Å². The molecule has 112 valence electrons. The maximum Gasteiger partial charge on any atom is 0.243 e. The van der Waals surface area contributed by atoms with Crippen molar-refractivity contribution in [1.82, 2.24) is 19.8 Å². The van der Waals surface area contributed by atoms with Gasteiger partial charge < -0.3 is 4.90 Å². The van der Waals surface area contributed by atoms with Gasteiger partial charge >= 0.3 is 0 Å². The van der Waals surface area contributed by atoms with Gasteiger partial charge in [0.25, 0.3) is 0 Å². The second-order valence-electron chi connectivity index (χ2n) is 5.33. The third-order valence-electron chi connectivity index (χ3n) is 3.33. The predicted molar refractivity (Wildman–Crippen MR) is 73.3 cm³/mol. The summed E-state index contributed by atoms with van der Waals surface area (Å²) >= 11 is 0. The summed E-state index contributed by atoms with van der Waals surface area (Å²) in [5.74, 6) is -0.00330. The first-order valence-electron chi connectivity index (χ1n) is 6.70. The lowest BCUT2D eigenvalue weighted by atomic mass is 10.0. The molecule has 0 bridgehead atoms. The normalized spacial score (nSPS) is 20.4. The lowest BCUT2D eigenvalue weighted by molar-refractivity contribution is -0.135. The van der Waals surface area contributed by atoms with Gasteiger partial charge in [0, 0.05) is 31.2 Å². The third kappa shape index (κ3) is 3.37. The molecule has 1 aromatic rings. The molecule has 2 rings (SSSR count). The maximum absolute atomic E-state index is 12.1. The maximum atomic E-state index is 12.1. The number of likely N-dealkylation sites (tertiary alicyclic amines) is 1. The Bertz CT molecular complexity index is 553. The molecule has 1 fully saturated rings. The first kappa shape index (κ1) is 15.0. The molecule has 0 spiro atoms. The first-order chi connectivity index (χ1) is 9.40. The summed E-state index contributed by atoms with van der Waals surface area (Å²) < 4.78 is 26.8. The van der Waals surface area contributed by atoms with Crippen LogP contribution in [0.1, 0.15) is 26.7 Å². The monoisotopic (exact) mass is 300 g/mol. The van der Waals surface area contributed by atoms with Crippen molar-refractivity contribution >= 4 is 15.9 Å². The van der Waals surface area contributed by atoms with Crippen LogP contribution in [0.25, 0.3) is 0 Å². The van der Waals surface area contributed by atoms with Crippen molar-refractivity contribution in [2.24, 2.45) is 5.92 Å². The van der Waals surface area contributed by atoms with Gasteiger partial charge in [-0.15, -0.1) is 0 Å². The highest BCUT2D eigenvalue weighted by Crippen LogP contribution is 2.15. The van der Waals surface area contributed by atoms with Gasteiger partial charge in [0.1, 0.15) is 4.90 Å². The number of piperidine rings is 1. The quantitative estimate of drug-likeness (QED) is 0.838. The van der Waals surface area contributed by atoms with E-state index in [0.717, 1.165) is 12.8 Å². The number of H-pyrrole nitrogens is 1. The zero-order chi connectivity index (χ0) is 14.8. The van der Waals surface area contributed by atoms with Crippen LogP contribution in [0.2, 0.25) is 0 Å². The topological polar surface area (TPSA) is 95.2 Å². The molecular weight excluding hydrogens is 280 g/mol. The number of carbonyl (C=O) groups excluding carboxylic acids is 1. The van der Waals surface area contributed by atoms with Crippen LogP contribution in [-0.4, -0.2) is 48.6 Å². The van der Waals surface area contributed by atoms with E-state index in [1.165, 1.54) is 12.4 Å². The fraction of sp³-hybridized carbons (Fsp3) is 0.667. The third-order valence-corrected chi connectivity index (χ3v) is 4.82. The van der Waals surface area contributed by atoms with Gasteiger partial charge in [-0.2, -0.15) is 5.10 Å². The van der Waals surface area contributed by atoms with E-state index in [-0.39, 0.29) is 22.8 Å². The van der Waals surface area contributed by atoms with Gasteiger partial charge in [-0.05, 0) is 12.8 Å². The lowest BCUT2D eigenvalue weighted by Crippen LogP contribution is -2.50. The Morgan fingerprint density at radius 3 is 2.90 bits per heavy atom. The molecule has 0 unspecified atom stereocenters. The van der Waals surface area contributed by atoms with Gasteiger partial charge in [0.05, 0.1) is 6.20 Å². The molecule has 1 aliphatic rings. The number of amides is 1. The molecule has 0 aliphatic carbocycles. The average Bonchev–Trinajstić information content (AvgIpc) is 2.92. The fourth-order valence-corrected chi connectivity index (χ4v) is 3.48. The van der Waals surface area contributed by atoms with Crippen LogP contribution in [0.4, 0.5) is 0 Å². The van der Waals surface area contributed by atoms with Crippen LogP contribution < -0.4 is 4.72 Å². The second kappa shape index (κ2) is 5.92. The molecule has 20 heavy (non-hydrogen) atoms. The van der Waals surface area contributed by atoms with Crippen molar-refractivity contribution < 1.29 is 13.2 Å². The number of aromatic amines is 1. The SMILES string of the molecule is CC(C)C(=O)N1CCC[C@@H](NS(=O)(=O)c2cn[nH]c2)C1. The number of hydrogen-bond donors (Lipinski definition) is 2. The predicted octanol–water partition coefficient (Wildman–Crippen LogP) is 0.335. The summed E-state index contributed by atoms with van der Waals surface area (Å²) in [7, 11) is -3.57. The summed E-state index contributed by atoms with van der Waals surface area (Å²) in [5, 5.41) is 6.12. The highest BCUT2D eigenvalue weighted by molar-refractivity contribution is 7.89. The Labute approximate surface area is 118 Å². The lowest BCUT2D eigenvalue weighted by Gasteiger charge is -2.34. The molecule has 1 aromatic heterocycles. The number of carbonyl (C=O) groups is 1. The molecule has 2 N–H and O–H groups in total. The van der Waals surface area contributed by atoms with Crippen molar-refractivity contribution in [3.05, 3.63) is 12.4 Å². The minimum absolute atomic E-state index is 0.0669. The van der Waals surface area contributed by atoms with Gasteiger partial charge in [-0.3, -0.25) is 9.89 Å². The summed E-state index contributed by atoms with van der Waals surface area (Å²) in [6, 6.07) is -0.244. The van der Waals surface area contributed by atoms with E-state index in [1.54, 1.807) is 4.90 Å². The first-order valence-corrected chi connectivity index (χ1v) is 8.18. The van der Waals surface area contributed by atoms with Crippen LogP contribution >= 0.6 is 0 Å². The molecule has 8 heteroatoms. The zero-order valence-electron chi connectivity index (χ0n) is 11.7.